The van der Waals surface area contributed by atoms with Crippen molar-refractivity contribution in [2.75, 3.05) is 27.9 Å². The van der Waals surface area contributed by atoms with Gasteiger partial charge >= 0.3 is 0 Å². The van der Waals surface area contributed by atoms with Gasteiger partial charge in [-0.2, -0.15) is 0 Å². The van der Waals surface area contributed by atoms with Crippen LogP contribution < -0.4 is 14.2 Å². The molecule has 0 aromatic heterocycles. The maximum absolute atomic E-state index is 5.64. The average molecular weight is 355 g/mol. The van der Waals surface area contributed by atoms with Crippen molar-refractivity contribution in [2.24, 2.45) is 0 Å². The minimum Gasteiger partial charge on any atom is -0.497 e. The molecule has 0 radical (unpaired) electrons. The first kappa shape index (κ1) is 18.6. The van der Waals surface area contributed by atoms with Crippen molar-refractivity contribution in [3.63, 3.8) is 0 Å². The summed E-state index contributed by atoms with van der Waals surface area (Å²) in [4.78, 5) is 2.58. The number of ether oxygens (including phenoxy) is 3. The Morgan fingerprint density at radius 1 is 0.885 bits per heavy atom. The van der Waals surface area contributed by atoms with Crippen LogP contribution in [0.4, 0.5) is 0 Å². The minimum atomic E-state index is 0.416. The summed E-state index contributed by atoms with van der Waals surface area (Å²) in [5.41, 5.74) is 2.53. The first-order valence-electron chi connectivity index (χ1n) is 9.34. The molecule has 3 rings (SSSR count). The quantitative estimate of drug-likeness (QED) is 0.743. The zero-order valence-electron chi connectivity index (χ0n) is 16.0. The molecule has 1 aliphatic heterocycles. The standard InChI is InChI=1S/C22H29NO3/c1-24-19-13-11-17(12-14-19)20-9-5-4-6-15-23(20)16-18-8-7-10-21(25-2)22(18)26-3/h7-8,10-14,20H,4-6,9,15-16H2,1-3H3. The first-order valence-corrected chi connectivity index (χ1v) is 9.34. The van der Waals surface area contributed by atoms with Crippen LogP contribution in [-0.4, -0.2) is 32.8 Å². The van der Waals surface area contributed by atoms with E-state index in [1.165, 1.54) is 36.8 Å². The van der Waals surface area contributed by atoms with E-state index in [0.717, 1.165) is 30.3 Å². The number of para-hydroxylation sites is 1. The summed E-state index contributed by atoms with van der Waals surface area (Å²) in [7, 11) is 5.11. The average Bonchev–Trinajstić information content (AvgIpc) is 2.93. The van der Waals surface area contributed by atoms with Gasteiger partial charge in [-0.1, -0.05) is 37.1 Å². The molecule has 0 N–H and O–H groups in total. The lowest BCUT2D eigenvalue weighted by molar-refractivity contribution is 0.189. The molecule has 2 aromatic carbocycles. The van der Waals surface area contributed by atoms with Gasteiger partial charge in [-0.05, 0) is 43.1 Å². The van der Waals surface area contributed by atoms with Gasteiger partial charge < -0.3 is 14.2 Å². The molecule has 0 aliphatic carbocycles. The zero-order chi connectivity index (χ0) is 18.4. The number of rotatable bonds is 6. The van der Waals surface area contributed by atoms with Gasteiger partial charge in [-0.3, -0.25) is 4.90 Å². The number of nitrogens with zero attached hydrogens (tertiary/aromatic N) is 1. The van der Waals surface area contributed by atoms with Crippen LogP contribution in [0.3, 0.4) is 0 Å². The topological polar surface area (TPSA) is 30.9 Å². The number of hydrogen-bond donors (Lipinski definition) is 0. The van der Waals surface area contributed by atoms with Crippen LogP contribution in [0.1, 0.15) is 42.9 Å². The highest BCUT2D eigenvalue weighted by atomic mass is 16.5. The molecule has 4 nitrogen and oxygen atoms in total. The van der Waals surface area contributed by atoms with Gasteiger partial charge in [0.2, 0.25) is 0 Å². The van der Waals surface area contributed by atoms with E-state index in [9.17, 15) is 0 Å². The lowest BCUT2D eigenvalue weighted by atomic mass is 10.00. The fourth-order valence-corrected chi connectivity index (χ4v) is 3.86. The Kier molecular flexibility index (Phi) is 6.40. The van der Waals surface area contributed by atoms with Crippen molar-refractivity contribution in [1.29, 1.82) is 0 Å². The third-order valence-electron chi connectivity index (χ3n) is 5.22. The smallest absolute Gasteiger partial charge is 0.165 e. The molecule has 1 unspecified atom stereocenters. The van der Waals surface area contributed by atoms with Crippen LogP contribution in [0.2, 0.25) is 0 Å². The fourth-order valence-electron chi connectivity index (χ4n) is 3.86. The lowest BCUT2D eigenvalue weighted by Gasteiger charge is -2.31. The molecule has 1 aliphatic rings. The van der Waals surface area contributed by atoms with E-state index in [4.69, 9.17) is 14.2 Å². The highest BCUT2D eigenvalue weighted by Gasteiger charge is 2.24. The Hall–Kier alpha value is -2.20. The Morgan fingerprint density at radius 2 is 1.69 bits per heavy atom. The van der Waals surface area contributed by atoms with Crippen molar-refractivity contribution < 1.29 is 14.2 Å². The molecule has 0 amide bonds. The van der Waals surface area contributed by atoms with Crippen LogP contribution in [-0.2, 0) is 6.54 Å². The van der Waals surface area contributed by atoms with E-state index in [2.05, 4.69) is 35.2 Å². The Morgan fingerprint density at radius 3 is 2.38 bits per heavy atom. The van der Waals surface area contributed by atoms with Crippen molar-refractivity contribution in [3.8, 4) is 17.2 Å². The van der Waals surface area contributed by atoms with E-state index < -0.39 is 0 Å². The first-order chi connectivity index (χ1) is 12.8. The second-order valence-electron chi connectivity index (χ2n) is 6.76. The third kappa shape index (κ3) is 4.13. The van der Waals surface area contributed by atoms with Crippen LogP contribution >= 0.6 is 0 Å². The molecule has 4 heteroatoms. The van der Waals surface area contributed by atoms with Crippen molar-refractivity contribution in [3.05, 3.63) is 53.6 Å². The van der Waals surface area contributed by atoms with E-state index in [1.54, 1.807) is 21.3 Å². The monoisotopic (exact) mass is 355 g/mol. The molecule has 140 valence electrons. The van der Waals surface area contributed by atoms with Crippen LogP contribution in [0.15, 0.2) is 42.5 Å². The normalized spacial score (nSPS) is 18.2. The highest BCUT2D eigenvalue weighted by molar-refractivity contribution is 5.46. The minimum absolute atomic E-state index is 0.416. The summed E-state index contributed by atoms with van der Waals surface area (Å²) in [6, 6.07) is 15.1. The summed E-state index contributed by atoms with van der Waals surface area (Å²) >= 11 is 0. The third-order valence-corrected chi connectivity index (χ3v) is 5.22. The molecule has 2 aromatic rings. The van der Waals surface area contributed by atoms with Crippen molar-refractivity contribution >= 4 is 0 Å². The molecule has 1 atom stereocenters. The van der Waals surface area contributed by atoms with Crippen LogP contribution in [0.5, 0.6) is 17.2 Å². The highest BCUT2D eigenvalue weighted by Crippen LogP contribution is 2.36. The van der Waals surface area contributed by atoms with E-state index in [1.807, 2.05) is 12.1 Å². The van der Waals surface area contributed by atoms with Crippen LogP contribution in [0, 0.1) is 0 Å². The van der Waals surface area contributed by atoms with Gasteiger partial charge in [-0.15, -0.1) is 0 Å². The SMILES string of the molecule is COc1ccc(C2CCCCCN2Cc2cccc(OC)c2OC)cc1. The molecular formula is C22H29NO3. The molecule has 0 saturated carbocycles. The Bertz CT molecular complexity index is 699. The summed E-state index contributed by atoms with van der Waals surface area (Å²) in [6.45, 7) is 1.95. The summed E-state index contributed by atoms with van der Waals surface area (Å²) in [6.07, 6.45) is 4.97. The largest absolute Gasteiger partial charge is 0.497 e. The van der Waals surface area contributed by atoms with Gasteiger partial charge in [0.15, 0.2) is 11.5 Å². The molecule has 1 saturated heterocycles. The predicted molar refractivity (Wildman–Crippen MR) is 104 cm³/mol. The Labute approximate surface area is 156 Å². The molecule has 1 heterocycles. The van der Waals surface area contributed by atoms with E-state index in [0.29, 0.717) is 6.04 Å². The summed E-state index contributed by atoms with van der Waals surface area (Å²) in [5, 5.41) is 0. The summed E-state index contributed by atoms with van der Waals surface area (Å²) in [5.74, 6) is 2.54. The van der Waals surface area contributed by atoms with Gasteiger partial charge in [-0.25, -0.2) is 0 Å². The van der Waals surface area contributed by atoms with Gasteiger partial charge in [0.05, 0.1) is 21.3 Å². The molecule has 0 bridgehead atoms. The van der Waals surface area contributed by atoms with Gasteiger partial charge in [0.25, 0.3) is 0 Å². The van der Waals surface area contributed by atoms with E-state index in [-0.39, 0.29) is 0 Å². The van der Waals surface area contributed by atoms with Gasteiger partial charge in [0.1, 0.15) is 5.75 Å². The maximum atomic E-state index is 5.64. The van der Waals surface area contributed by atoms with Crippen LogP contribution in [0.25, 0.3) is 0 Å². The lowest BCUT2D eigenvalue weighted by Crippen LogP contribution is -2.28. The molecule has 0 spiro atoms. The van der Waals surface area contributed by atoms with Crippen molar-refractivity contribution in [2.45, 2.75) is 38.3 Å². The maximum Gasteiger partial charge on any atom is 0.165 e. The van der Waals surface area contributed by atoms with Crippen molar-refractivity contribution in [1.82, 2.24) is 4.90 Å². The molecule has 26 heavy (non-hydrogen) atoms. The number of likely N-dealkylation sites (tertiary alicyclic amines) is 1. The second kappa shape index (κ2) is 8.95. The number of methoxy groups -OCH3 is 3. The predicted octanol–water partition coefficient (Wildman–Crippen LogP) is 4.83. The zero-order valence-corrected chi connectivity index (χ0v) is 16.0. The number of benzene rings is 2. The molecular weight excluding hydrogens is 326 g/mol. The number of hydrogen-bond acceptors (Lipinski definition) is 4. The summed E-state index contributed by atoms with van der Waals surface area (Å²) < 4.78 is 16.4. The fraction of sp³-hybridized carbons (Fsp3) is 0.455. The Balaban J connectivity index is 1.87. The molecule has 1 fully saturated rings. The second-order valence-corrected chi connectivity index (χ2v) is 6.76. The van der Waals surface area contributed by atoms with E-state index >= 15 is 0 Å². The van der Waals surface area contributed by atoms with Gasteiger partial charge in [0, 0.05) is 18.2 Å².